The number of benzene rings is 1. The number of morpholine rings is 1. The summed E-state index contributed by atoms with van der Waals surface area (Å²) in [5, 5.41) is 2.86. The van der Waals surface area contributed by atoms with Crippen LogP contribution in [0.3, 0.4) is 0 Å². The smallest absolute Gasteiger partial charge is 0.330 e. The van der Waals surface area contributed by atoms with Gasteiger partial charge in [-0.1, -0.05) is 12.1 Å². The molecule has 1 N–H and O–H groups in total. The molecule has 0 radical (unpaired) electrons. The zero-order chi connectivity index (χ0) is 16.7. The van der Waals surface area contributed by atoms with Crippen LogP contribution in [0.15, 0.2) is 30.3 Å². The van der Waals surface area contributed by atoms with Gasteiger partial charge >= 0.3 is 12.0 Å². The third kappa shape index (κ3) is 5.41. The average molecular weight is 318 g/mol. The minimum absolute atomic E-state index is 0.0601. The molecule has 0 saturated carbocycles. The molecule has 23 heavy (non-hydrogen) atoms. The summed E-state index contributed by atoms with van der Waals surface area (Å²) in [7, 11) is 0. The lowest BCUT2D eigenvalue weighted by molar-refractivity contribution is -0.137. The number of carbonyl (C=O) groups is 2. The van der Waals surface area contributed by atoms with Crippen molar-refractivity contribution in [3.05, 3.63) is 35.9 Å². The summed E-state index contributed by atoms with van der Waals surface area (Å²) in [6.07, 6.45) is 3.12. The van der Waals surface area contributed by atoms with Crippen LogP contribution >= 0.6 is 0 Å². The van der Waals surface area contributed by atoms with Crippen molar-refractivity contribution in [1.29, 1.82) is 0 Å². The van der Waals surface area contributed by atoms with Gasteiger partial charge in [-0.2, -0.15) is 0 Å². The van der Waals surface area contributed by atoms with Gasteiger partial charge in [-0.3, -0.25) is 0 Å². The van der Waals surface area contributed by atoms with Gasteiger partial charge < -0.3 is 19.7 Å². The number of nitrogens with zero attached hydrogens (tertiary/aromatic N) is 1. The van der Waals surface area contributed by atoms with Gasteiger partial charge in [0.25, 0.3) is 0 Å². The van der Waals surface area contributed by atoms with E-state index in [0.717, 1.165) is 5.56 Å². The van der Waals surface area contributed by atoms with Crippen LogP contribution in [0.4, 0.5) is 10.5 Å². The molecule has 1 saturated heterocycles. The summed E-state index contributed by atoms with van der Waals surface area (Å²) in [6, 6.07) is 7.12. The third-order valence-electron chi connectivity index (χ3n) is 3.39. The highest BCUT2D eigenvalue weighted by atomic mass is 16.5. The summed E-state index contributed by atoms with van der Waals surface area (Å²) in [6.45, 7) is 5.81. The molecule has 2 rings (SSSR count). The van der Waals surface area contributed by atoms with E-state index < -0.39 is 0 Å². The van der Waals surface area contributed by atoms with Gasteiger partial charge in [0.05, 0.1) is 19.3 Å². The highest BCUT2D eigenvalue weighted by Crippen LogP contribution is 2.13. The van der Waals surface area contributed by atoms with E-state index in [0.29, 0.717) is 32.0 Å². The van der Waals surface area contributed by atoms with Crippen LogP contribution in [0.2, 0.25) is 0 Å². The summed E-state index contributed by atoms with van der Waals surface area (Å²) in [5.74, 6) is -0.369. The Balaban J connectivity index is 1.89. The van der Waals surface area contributed by atoms with E-state index in [1.54, 1.807) is 30.0 Å². The summed E-state index contributed by atoms with van der Waals surface area (Å²) in [5.41, 5.74) is 1.57. The number of ether oxygens (including phenoxy) is 2. The summed E-state index contributed by atoms with van der Waals surface area (Å²) in [4.78, 5) is 25.2. The Bertz CT molecular complexity index is 568. The minimum atomic E-state index is -0.369. The molecule has 1 unspecified atom stereocenters. The zero-order valence-corrected chi connectivity index (χ0v) is 13.5. The maximum absolute atomic E-state index is 12.2. The van der Waals surface area contributed by atoms with Gasteiger partial charge in [-0.05, 0) is 37.6 Å². The van der Waals surface area contributed by atoms with Crippen LogP contribution in [0.1, 0.15) is 19.4 Å². The van der Waals surface area contributed by atoms with Crippen LogP contribution in [-0.4, -0.2) is 49.3 Å². The van der Waals surface area contributed by atoms with Crippen molar-refractivity contribution >= 4 is 23.8 Å². The maximum atomic E-state index is 12.2. The molecule has 0 aliphatic carbocycles. The minimum Gasteiger partial charge on any atom is -0.463 e. The molecule has 0 aromatic heterocycles. The molecule has 1 atom stereocenters. The SMILES string of the molecule is CCOC(=O)C=Cc1ccc(NC(=O)N2CCOC(C)C2)cc1. The van der Waals surface area contributed by atoms with Gasteiger partial charge in [-0.15, -0.1) is 0 Å². The Morgan fingerprint density at radius 3 is 2.78 bits per heavy atom. The van der Waals surface area contributed by atoms with Crippen molar-refractivity contribution in [1.82, 2.24) is 4.90 Å². The normalized spacial score (nSPS) is 18.0. The number of anilines is 1. The Labute approximate surface area is 136 Å². The van der Waals surface area contributed by atoms with E-state index in [9.17, 15) is 9.59 Å². The Hall–Kier alpha value is -2.34. The van der Waals surface area contributed by atoms with E-state index in [1.807, 2.05) is 19.1 Å². The molecule has 1 aromatic carbocycles. The molecule has 6 nitrogen and oxygen atoms in total. The van der Waals surface area contributed by atoms with Gasteiger partial charge in [0, 0.05) is 24.9 Å². The Kier molecular flexibility index (Phi) is 6.17. The van der Waals surface area contributed by atoms with E-state index in [2.05, 4.69) is 5.32 Å². The topological polar surface area (TPSA) is 67.9 Å². The van der Waals surface area contributed by atoms with E-state index in [1.165, 1.54) is 6.08 Å². The fourth-order valence-electron chi connectivity index (χ4n) is 2.24. The van der Waals surface area contributed by atoms with Crippen LogP contribution in [0.25, 0.3) is 6.08 Å². The molecule has 6 heteroatoms. The van der Waals surface area contributed by atoms with E-state index in [4.69, 9.17) is 9.47 Å². The number of hydrogen-bond acceptors (Lipinski definition) is 4. The maximum Gasteiger partial charge on any atom is 0.330 e. The fourth-order valence-corrected chi connectivity index (χ4v) is 2.24. The quantitative estimate of drug-likeness (QED) is 0.684. The lowest BCUT2D eigenvalue weighted by Crippen LogP contribution is -2.46. The van der Waals surface area contributed by atoms with Crippen LogP contribution in [0, 0.1) is 0 Å². The molecule has 1 fully saturated rings. The molecule has 0 bridgehead atoms. The summed E-state index contributed by atoms with van der Waals surface area (Å²) < 4.78 is 10.2. The predicted molar refractivity (Wildman–Crippen MR) is 88.1 cm³/mol. The van der Waals surface area contributed by atoms with Crippen molar-refractivity contribution in [3.8, 4) is 0 Å². The summed E-state index contributed by atoms with van der Waals surface area (Å²) >= 11 is 0. The molecule has 1 aliphatic rings. The number of hydrogen-bond donors (Lipinski definition) is 1. The molecule has 2 amide bonds. The second-order valence-corrected chi connectivity index (χ2v) is 5.26. The molecule has 0 spiro atoms. The second kappa shape index (κ2) is 8.33. The van der Waals surface area contributed by atoms with Gasteiger partial charge in [0.2, 0.25) is 0 Å². The first-order valence-corrected chi connectivity index (χ1v) is 7.71. The number of carbonyl (C=O) groups excluding carboxylic acids is 2. The first kappa shape index (κ1) is 17.0. The lowest BCUT2D eigenvalue weighted by atomic mass is 10.2. The monoisotopic (exact) mass is 318 g/mol. The number of esters is 1. The number of urea groups is 1. The van der Waals surface area contributed by atoms with Crippen molar-refractivity contribution in [2.45, 2.75) is 20.0 Å². The average Bonchev–Trinajstić information content (AvgIpc) is 2.54. The van der Waals surface area contributed by atoms with Crippen LogP contribution < -0.4 is 5.32 Å². The lowest BCUT2D eigenvalue weighted by Gasteiger charge is -2.31. The third-order valence-corrected chi connectivity index (χ3v) is 3.39. The molecule has 1 aromatic rings. The number of rotatable bonds is 4. The van der Waals surface area contributed by atoms with Crippen molar-refractivity contribution in [2.75, 3.05) is 31.6 Å². The molecule has 1 aliphatic heterocycles. The highest BCUT2D eigenvalue weighted by molar-refractivity contribution is 5.90. The molecule has 124 valence electrons. The van der Waals surface area contributed by atoms with Gasteiger partial charge in [-0.25, -0.2) is 9.59 Å². The van der Waals surface area contributed by atoms with Gasteiger partial charge in [0.1, 0.15) is 0 Å². The van der Waals surface area contributed by atoms with Crippen molar-refractivity contribution in [3.63, 3.8) is 0 Å². The van der Waals surface area contributed by atoms with E-state index in [-0.39, 0.29) is 18.1 Å². The molecular weight excluding hydrogens is 296 g/mol. The standard InChI is InChI=1S/C17H22N2O4/c1-3-22-16(20)9-6-14-4-7-15(8-5-14)18-17(21)19-10-11-23-13(2)12-19/h4-9,13H,3,10-12H2,1-2H3,(H,18,21). The number of amides is 2. The predicted octanol–water partition coefficient (Wildman–Crippen LogP) is 2.52. The largest absolute Gasteiger partial charge is 0.463 e. The van der Waals surface area contributed by atoms with Crippen LogP contribution in [-0.2, 0) is 14.3 Å². The molecule has 1 heterocycles. The Morgan fingerprint density at radius 2 is 2.13 bits per heavy atom. The Morgan fingerprint density at radius 1 is 1.39 bits per heavy atom. The molecular formula is C17H22N2O4. The zero-order valence-electron chi connectivity index (χ0n) is 13.5. The van der Waals surface area contributed by atoms with Crippen molar-refractivity contribution < 1.29 is 19.1 Å². The van der Waals surface area contributed by atoms with Crippen molar-refractivity contribution in [2.24, 2.45) is 0 Å². The second-order valence-electron chi connectivity index (χ2n) is 5.26. The fraction of sp³-hybridized carbons (Fsp3) is 0.412. The number of nitrogens with one attached hydrogen (secondary N) is 1. The van der Waals surface area contributed by atoms with Gasteiger partial charge in [0.15, 0.2) is 0 Å². The van der Waals surface area contributed by atoms with E-state index >= 15 is 0 Å². The van der Waals surface area contributed by atoms with Crippen LogP contribution in [0.5, 0.6) is 0 Å². The highest BCUT2D eigenvalue weighted by Gasteiger charge is 2.21. The first-order chi connectivity index (χ1) is 11.1. The first-order valence-electron chi connectivity index (χ1n) is 7.71.